The van der Waals surface area contributed by atoms with Gasteiger partial charge in [0.15, 0.2) is 17.0 Å². The Bertz CT molecular complexity index is 1610. The van der Waals surface area contributed by atoms with E-state index in [1.54, 1.807) is 56.3 Å². The predicted octanol–water partition coefficient (Wildman–Crippen LogP) is 3.32. The molecule has 10 heteroatoms. The fourth-order valence-electron chi connectivity index (χ4n) is 9.08. The summed E-state index contributed by atoms with van der Waals surface area (Å²) in [6.45, 7) is 10.9. The molecule has 6 aliphatic rings. The van der Waals surface area contributed by atoms with Crippen molar-refractivity contribution < 1.29 is 48.6 Å². The lowest BCUT2D eigenvalue weighted by Gasteiger charge is -2.61. The molecule has 3 aliphatic carbocycles. The number of epoxide rings is 1. The van der Waals surface area contributed by atoms with Gasteiger partial charge in [0, 0.05) is 29.4 Å². The van der Waals surface area contributed by atoms with Crippen LogP contribution in [0.25, 0.3) is 0 Å². The molecule has 3 saturated heterocycles. The van der Waals surface area contributed by atoms with Crippen LogP contribution in [-0.4, -0.2) is 80.5 Å². The summed E-state index contributed by atoms with van der Waals surface area (Å²) >= 11 is 0. The Morgan fingerprint density at radius 3 is 2.49 bits per heavy atom. The maximum atomic E-state index is 13.8. The largest absolute Gasteiger partial charge is 0.455 e. The van der Waals surface area contributed by atoms with Crippen molar-refractivity contribution in [2.75, 3.05) is 6.61 Å². The SMILES string of the molecule is C=C(C)[C@@]12OC3(c4ccccc4)OC1C1C4O[C@]4(CO)[C@@H](O)[C@]4(O)C(=O)C(C)=C[C@H]4[C@@]1(O3)[C@H](C)[C@H]2OC(=O)/C=C/C=C/C=C/CCC. The van der Waals surface area contributed by atoms with Crippen LogP contribution >= 0.6 is 0 Å². The van der Waals surface area contributed by atoms with Crippen LogP contribution in [0.4, 0.5) is 0 Å². The van der Waals surface area contributed by atoms with Crippen molar-refractivity contribution in [2.24, 2.45) is 17.8 Å². The van der Waals surface area contributed by atoms with Crippen LogP contribution < -0.4 is 0 Å². The molecule has 7 rings (SSSR count). The van der Waals surface area contributed by atoms with E-state index in [0.29, 0.717) is 11.1 Å². The van der Waals surface area contributed by atoms with Crippen molar-refractivity contribution in [3.8, 4) is 0 Å². The molecule has 3 N–H and O–H groups in total. The molecule has 4 unspecified atom stereocenters. The van der Waals surface area contributed by atoms with Gasteiger partial charge in [0.1, 0.15) is 30.0 Å². The Morgan fingerprint density at radius 2 is 1.81 bits per heavy atom. The van der Waals surface area contributed by atoms with Crippen molar-refractivity contribution in [2.45, 2.75) is 93.3 Å². The maximum Gasteiger partial charge on any atom is 0.331 e. The second-order valence-electron chi connectivity index (χ2n) is 13.8. The molecule has 2 saturated carbocycles. The third-order valence-corrected chi connectivity index (χ3v) is 11.3. The summed E-state index contributed by atoms with van der Waals surface area (Å²) < 4.78 is 33.3. The molecule has 0 spiro atoms. The lowest BCUT2D eigenvalue weighted by molar-refractivity contribution is -0.440. The van der Waals surface area contributed by atoms with Crippen molar-refractivity contribution in [1.82, 2.24) is 0 Å². The van der Waals surface area contributed by atoms with E-state index < -0.39 is 88.9 Å². The van der Waals surface area contributed by atoms with Gasteiger partial charge in [-0.3, -0.25) is 4.79 Å². The molecule has 3 aliphatic heterocycles. The lowest BCUT2D eigenvalue weighted by atomic mass is 9.53. The monoisotopic (exact) mass is 646 g/mol. The van der Waals surface area contributed by atoms with Gasteiger partial charge >= 0.3 is 11.9 Å². The Balaban J connectivity index is 1.40. The summed E-state index contributed by atoms with van der Waals surface area (Å²) in [5, 5.41) is 34.9. The zero-order chi connectivity index (χ0) is 33.6. The van der Waals surface area contributed by atoms with E-state index in [2.05, 4.69) is 13.5 Å². The number of Topliss-reactive ketones (excluding diaryl/α,β-unsaturated/α-hetero) is 1. The Kier molecular flexibility index (Phi) is 7.50. The summed E-state index contributed by atoms with van der Waals surface area (Å²) in [5.41, 5.74) is -5.90. The topological polar surface area (TPSA) is 144 Å². The van der Waals surface area contributed by atoms with Gasteiger partial charge in [-0.15, -0.1) is 0 Å². The first-order valence-electron chi connectivity index (χ1n) is 16.3. The highest BCUT2D eigenvalue weighted by Gasteiger charge is 2.90. The van der Waals surface area contributed by atoms with Crippen LogP contribution in [0, 0.1) is 17.8 Å². The number of carbonyl (C=O) groups is 2. The predicted molar refractivity (Wildman–Crippen MR) is 168 cm³/mol. The van der Waals surface area contributed by atoms with Crippen molar-refractivity contribution in [3.05, 3.63) is 96.2 Å². The normalized spacial score (nSPS) is 46.0. The molecule has 12 atom stereocenters. The molecule has 3 heterocycles. The van der Waals surface area contributed by atoms with Gasteiger partial charge in [-0.1, -0.05) is 93.6 Å². The van der Waals surface area contributed by atoms with E-state index in [0.717, 1.165) is 12.8 Å². The highest BCUT2D eigenvalue weighted by atomic mass is 16.9. The van der Waals surface area contributed by atoms with E-state index >= 15 is 0 Å². The molecule has 47 heavy (non-hydrogen) atoms. The van der Waals surface area contributed by atoms with Crippen LogP contribution in [-0.2, 0) is 39.2 Å². The minimum absolute atomic E-state index is 0.231. The number of benzene rings is 1. The van der Waals surface area contributed by atoms with E-state index in [4.69, 9.17) is 23.7 Å². The van der Waals surface area contributed by atoms with Crippen LogP contribution in [0.15, 0.2) is 90.6 Å². The van der Waals surface area contributed by atoms with Crippen molar-refractivity contribution in [3.63, 3.8) is 0 Å². The molecule has 10 nitrogen and oxygen atoms in total. The average Bonchev–Trinajstić information content (AvgIpc) is 3.68. The first-order chi connectivity index (χ1) is 22.4. The summed E-state index contributed by atoms with van der Waals surface area (Å²) in [4.78, 5) is 27.4. The number of aliphatic hydroxyl groups excluding tert-OH is 2. The molecule has 0 aromatic heterocycles. The Morgan fingerprint density at radius 1 is 1.09 bits per heavy atom. The number of hydrogen-bond acceptors (Lipinski definition) is 10. The van der Waals surface area contributed by atoms with Crippen LogP contribution in [0.1, 0.15) is 46.1 Å². The number of hydrogen-bond donors (Lipinski definition) is 3. The fourth-order valence-corrected chi connectivity index (χ4v) is 9.08. The highest BCUT2D eigenvalue weighted by Crippen LogP contribution is 2.74. The van der Waals surface area contributed by atoms with Gasteiger partial charge in [0.2, 0.25) is 0 Å². The second kappa shape index (κ2) is 10.9. The highest BCUT2D eigenvalue weighted by molar-refractivity contribution is 6.05. The summed E-state index contributed by atoms with van der Waals surface area (Å²) in [6, 6.07) is 9.01. The number of ketones is 1. The Hall–Kier alpha value is -3.22. The molecule has 1 aromatic rings. The van der Waals surface area contributed by atoms with E-state index in [1.807, 2.05) is 31.2 Å². The molecular formula is C37H42O10. The third kappa shape index (κ3) is 4.04. The van der Waals surface area contributed by atoms with E-state index in [9.17, 15) is 24.9 Å². The zero-order valence-electron chi connectivity index (χ0n) is 27.0. The number of ether oxygens (including phenoxy) is 5. The lowest BCUT2D eigenvalue weighted by Crippen LogP contribution is -2.76. The first kappa shape index (κ1) is 32.3. The smallest absolute Gasteiger partial charge is 0.331 e. The minimum atomic E-state index is -2.42. The standard InChI is InChI=1S/C37H42O10/c1-6-7-8-9-10-11-15-18-26(39)43-29-23(5)36-25-19-22(4)28(40)34(25,42)32(41)33(20-38)30(44-33)27(36)31-35(29,21(2)3)46-37(45-31,47-36)24-16-13-12-14-17-24/h8-19,23,25,27,29-32,38,41-42H,2,6-7,20H2,1,3-5H3/b9-8+,11-10+,18-15+/t23-,25-,27?,29-,30?,31?,32-,33+,34-,35+,36+,37?/m1/s1. The summed E-state index contributed by atoms with van der Waals surface area (Å²) in [6.07, 6.45) is 9.29. The molecule has 5 fully saturated rings. The molecule has 1 aromatic carbocycles. The minimum Gasteiger partial charge on any atom is -0.455 e. The molecule has 0 radical (unpaired) electrons. The number of allylic oxidation sites excluding steroid dienone is 5. The number of fused-ring (bicyclic) bond motifs is 3. The molecule has 250 valence electrons. The van der Waals surface area contributed by atoms with Crippen molar-refractivity contribution in [1.29, 1.82) is 0 Å². The van der Waals surface area contributed by atoms with Gasteiger partial charge in [-0.2, -0.15) is 0 Å². The van der Waals surface area contributed by atoms with Gasteiger partial charge in [-0.25, -0.2) is 4.79 Å². The number of aliphatic hydroxyl groups is 3. The molecule has 3 bridgehead atoms. The third-order valence-electron chi connectivity index (χ3n) is 11.3. The first-order valence-corrected chi connectivity index (χ1v) is 16.3. The van der Waals surface area contributed by atoms with E-state index in [1.165, 1.54) is 6.08 Å². The second-order valence-corrected chi connectivity index (χ2v) is 13.8. The number of unbranched alkanes of at least 4 members (excludes halogenated alkanes) is 1. The maximum absolute atomic E-state index is 13.8. The van der Waals surface area contributed by atoms with Crippen LogP contribution in [0.3, 0.4) is 0 Å². The van der Waals surface area contributed by atoms with Crippen molar-refractivity contribution >= 4 is 11.8 Å². The average molecular weight is 647 g/mol. The molecule has 0 amide bonds. The quantitative estimate of drug-likeness (QED) is 0.120. The van der Waals surface area contributed by atoms with Gasteiger partial charge in [0.25, 0.3) is 0 Å². The van der Waals surface area contributed by atoms with Gasteiger partial charge < -0.3 is 39.0 Å². The zero-order valence-corrected chi connectivity index (χ0v) is 27.0. The van der Waals surface area contributed by atoms with Crippen LogP contribution in [0.2, 0.25) is 0 Å². The number of carbonyl (C=O) groups excluding carboxylic acids is 2. The summed E-state index contributed by atoms with van der Waals surface area (Å²) in [5.74, 6) is -5.92. The number of rotatable bonds is 9. The van der Waals surface area contributed by atoms with Crippen LogP contribution in [0.5, 0.6) is 0 Å². The Labute approximate surface area is 274 Å². The fraction of sp³-hybridized carbons (Fsp3) is 0.514. The van der Waals surface area contributed by atoms with E-state index in [-0.39, 0.29) is 5.57 Å². The summed E-state index contributed by atoms with van der Waals surface area (Å²) in [7, 11) is 0. The molecular weight excluding hydrogens is 604 g/mol. The van der Waals surface area contributed by atoms with Gasteiger partial charge in [0.05, 0.1) is 12.2 Å². The number of esters is 1. The van der Waals surface area contributed by atoms with Gasteiger partial charge in [-0.05, 0) is 31.4 Å².